The number of hydrogen-bond acceptors (Lipinski definition) is 3. The van der Waals surface area contributed by atoms with E-state index in [4.69, 9.17) is 16.2 Å². The lowest BCUT2D eigenvalue weighted by Gasteiger charge is -1.99. The number of hydrogen-bond donors (Lipinski definition) is 4. The molecule has 0 unspecified atom stereocenters. The number of nitrogens with zero attached hydrogens (tertiary/aromatic N) is 1. The highest BCUT2D eigenvalue weighted by molar-refractivity contribution is 5.92. The van der Waals surface area contributed by atoms with Gasteiger partial charge in [-0.05, 0) is 44.2 Å². The monoisotopic (exact) mass is 445 g/mol. The standard InChI is InChI=1S/C18H34O2.C8H9N3O/c1-2-3-4-5-6-7-8-9-10-11-12-13-14-15-16-17-18(19)20;9-8(10)11-5-6-3-1-2-4-7(6)12/h9-10H,2-8,11-17H2,1H3,(H,19,20);1-5,12H,(H3,9,10)/b10-9-;11-5+. The molecule has 1 aromatic carbocycles. The first kappa shape index (κ1) is 29.4. The van der Waals surface area contributed by atoms with E-state index in [9.17, 15) is 9.90 Å². The number of guanidine groups is 1. The zero-order chi connectivity index (χ0) is 23.9. The fraction of sp³-hybridized carbons (Fsp3) is 0.577. The molecule has 180 valence electrons. The molecule has 5 N–H and O–H groups in total. The van der Waals surface area contributed by atoms with Crippen molar-refractivity contribution in [2.45, 2.75) is 96.8 Å². The molecule has 0 saturated carbocycles. The van der Waals surface area contributed by atoms with E-state index < -0.39 is 5.97 Å². The quantitative estimate of drug-likeness (QED) is 0.0966. The summed E-state index contributed by atoms with van der Waals surface area (Å²) in [4.78, 5) is 13.9. The molecular formula is C26H43N3O3. The Balaban J connectivity index is 0.000000677. The van der Waals surface area contributed by atoms with Crippen LogP contribution in [0.3, 0.4) is 0 Å². The van der Waals surface area contributed by atoms with Crippen molar-refractivity contribution in [2.75, 3.05) is 0 Å². The molecule has 1 aromatic rings. The fourth-order valence-electron chi connectivity index (χ4n) is 3.08. The second-order valence-corrected chi connectivity index (χ2v) is 7.93. The number of nitrogens with two attached hydrogens (primary N) is 1. The maximum Gasteiger partial charge on any atom is 0.303 e. The summed E-state index contributed by atoms with van der Waals surface area (Å²) >= 11 is 0. The van der Waals surface area contributed by atoms with Gasteiger partial charge >= 0.3 is 5.97 Å². The van der Waals surface area contributed by atoms with E-state index in [1.807, 2.05) is 0 Å². The Hall–Kier alpha value is -2.63. The SMILES string of the molecule is CCCCCCCC/C=C\CCCCCCCC(=O)O.N=C(N)/N=C/c1ccccc1O. The van der Waals surface area contributed by atoms with Gasteiger partial charge in [0.05, 0.1) is 0 Å². The van der Waals surface area contributed by atoms with Crippen LogP contribution >= 0.6 is 0 Å². The van der Waals surface area contributed by atoms with Crippen LogP contribution in [0.5, 0.6) is 5.75 Å². The van der Waals surface area contributed by atoms with Gasteiger partial charge in [0.25, 0.3) is 0 Å². The first-order chi connectivity index (χ1) is 15.5. The molecule has 0 aromatic heterocycles. The largest absolute Gasteiger partial charge is 0.507 e. The Morgan fingerprint density at radius 1 is 0.938 bits per heavy atom. The highest BCUT2D eigenvalue weighted by Gasteiger charge is 1.96. The number of aliphatic imine (C=N–C) groups is 1. The van der Waals surface area contributed by atoms with Crippen molar-refractivity contribution in [1.29, 1.82) is 5.41 Å². The van der Waals surface area contributed by atoms with Gasteiger partial charge in [0.1, 0.15) is 5.75 Å². The number of aliphatic carboxylic acids is 1. The summed E-state index contributed by atoms with van der Waals surface area (Å²) in [5.74, 6) is -0.816. The molecule has 6 heteroatoms. The Morgan fingerprint density at radius 3 is 2.00 bits per heavy atom. The van der Waals surface area contributed by atoms with E-state index in [1.54, 1.807) is 24.3 Å². The number of carbonyl (C=O) groups is 1. The maximum atomic E-state index is 10.3. The molecule has 0 amide bonds. The molecule has 6 nitrogen and oxygen atoms in total. The molecule has 0 aliphatic carbocycles. The highest BCUT2D eigenvalue weighted by Crippen LogP contribution is 2.12. The molecular weight excluding hydrogens is 402 g/mol. The molecule has 0 bridgehead atoms. The zero-order valence-corrected chi connectivity index (χ0v) is 19.8. The Bertz CT molecular complexity index is 672. The second-order valence-electron chi connectivity index (χ2n) is 7.93. The van der Waals surface area contributed by atoms with Crippen LogP contribution in [-0.2, 0) is 4.79 Å². The van der Waals surface area contributed by atoms with Gasteiger partial charge in [0, 0.05) is 18.2 Å². The van der Waals surface area contributed by atoms with Gasteiger partial charge in [-0.2, -0.15) is 0 Å². The van der Waals surface area contributed by atoms with Crippen LogP contribution in [-0.4, -0.2) is 28.4 Å². The van der Waals surface area contributed by atoms with Crippen LogP contribution in [0, 0.1) is 5.41 Å². The van der Waals surface area contributed by atoms with E-state index >= 15 is 0 Å². The Kier molecular flexibility index (Phi) is 19.8. The number of allylic oxidation sites excluding steroid dienone is 2. The normalized spacial score (nSPS) is 10.9. The van der Waals surface area contributed by atoms with Gasteiger partial charge in [0.2, 0.25) is 5.96 Å². The number of aromatic hydroxyl groups is 1. The van der Waals surface area contributed by atoms with Crippen molar-refractivity contribution in [3.05, 3.63) is 42.0 Å². The van der Waals surface area contributed by atoms with Gasteiger partial charge in [0.15, 0.2) is 0 Å². The minimum absolute atomic E-state index is 0.127. The van der Waals surface area contributed by atoms with E-state index in [2.05, 4.69) is 24.1 Å². The third kappa shape index (κ3) is 20.6. The number of phenols is 1. The molecule has 0 saturated heterocycles. The molecule has 0 radical (unpaired) electrons. The van der Waals surface area contributed by atoms with Crippen LogP contribution in [0.15, 0.2) is 41.4 Å². The lowest BCUT2D eigenvalue weighted by atomic mass is 10.1. The van der Waals surface area contributed by atoms with Gasteiger partial charge in [-0.1, -0.05) is 82.6 Å². The van der Waals surface area contributed by atoms with Crippen molar-refractivity contribution in [1.82, 2.24) is 0 Å². The predicted octanol–water partition coefficient (Wildman–Crippen LogP) is 6.81. The smallest absolute Gasteiger partial charge is 0.303 e. The van der Waals surface area contributed by atoms with Crippen LogP contribution in [0.25, 0.3) is 0 Å². The number of phenolic OH excluding ortho intramolecular Hbond substituents is 1. The van der Waals surface area contributed by atoms with Gasteiger partial charge in [-0.3, -0.25) is 10.2 Å². The molecule has 0 aliphatic heterocycles. The molecule has 0 spiro atoms. The molecule has 0 fully saturated rings. The minimum Gasteiger partial charge on any atom is -0.507 e. The van der Waals surface area contributed by atoms with Gasteiger partial charge in [-0.25, -0.2) is 4.99 Å². The van der Waals surface area contributed by atoms with Crippen molar-refractivity contribution in [3.8, 4) is 5.75 Å². The summed E-state index contributed by atoms with van der Waals surface area (Å²) in [6.07, 6.45) is 22.6. The lowest BCUT2D eigenvalue weighted by Crippen LogP contribution is -2.05. The Labute approximate surface area is 194 Å². The van der Waals surface area contributed by atoms with E-state index in [0.717, 1.165) is 12.8 Å². The topological polar surface area (TPSA) is 120 Å². The number of rotatable bonds is 16. The summed E-state index contributed by atoms with van der Waals surface area (Å²) in [7, 11) is 0. The number of nitrogens with one attached hydrogen (secondary N) is 1. The third-order valence-corrected chi connectivity index (χ3v) is 4.93. The highest BCUT2D eigenvalue weighted by atomic mass is 16.4. The lowest BCUT2D eigenvalue weighted by molar-refractivity contribution is -0.137. The fourth-order valence-corrected chi connectivity index (χ4v) is 3.08. The minimum atomic E-state index is -0.664. The predicted molar refractivity (Wildman–Crippen MR) is 135 cm³/mol. The Morgan fingerprint density at radius 2 is 1.47 bits per heavy atom. The van der Waals surface area contributed by atoms with Crippen molar-refractivity contribution in [3.63, 3.8) is 0 Å². The number of carboxylic acids is 1. The van der Waals surface area contributed by atoms with Crippen LogP contribution < -0.4 is 5.73 Å². The van der Waals surface area contributed by atoms with E-state index in [0.29, 0.717) is 12.0 Å². The maximum absolute atomic E-state index is 10.3. The zero-order valence-electron chi connectivity index (χ0n) is 19.8. The third-order valence-electron chi connectivity index (χ3n) is 4.93. The number of benzene rings is 1. The first-order valence-electron chi connectivity index (χ1n) is 12.0. The summed E-state index contributed by atoms with van der Waals surface area (Å²) in [5.41, 5.74) is 5.54. The van der Waals surface area contributed by atoms with Crippen LogP contribution in [0.2, 0.25) is 0 Å². The molecule has 0 heterocycles. The number of unbranched alkanes of at least 4 members (excludes halogenated alkanes) is 11. The van der Waals surface area contributed by atoms with E-state index in [1.165, 1.54) is 76.8 Å². The molecule has 1 rings (SSSR count). The summed E-state index contributed by atoms with van der Waals surface area (Å²) in [6.45, 7) is 2.26. The first-order valence-corrected chi connectivity index (χ1v) is 12.0. The molecule has 0 aliphatic rings. The van der Waals surface area contributed by atoms with Crippen molar-refractivity contribution >= 4 is 18.1 Å². The summed E-state index contributed by atoms with van der Waals surface area (Å²) in [5, 5.41) is 24.5. The number of para-hydroxylation sites is 1. The molecule has 0 atom stereocenters. The second kappa shape index (κ2) is 21.6. The number of carboxylic acid groups (broad SMARTS) is 1. The van der Waals surface area contributed by atoms with Crippen molar-refractivity contribution < 1.29 is 15.0 Å². The van der Waals surface area contributed by atoms with Crippen molar-refractivity contribution in [2.24, 2.45) is 10.7 Å². The molecule has 32 heavy (non-hydrogen) atoms. The summed E-state index contributed by atoms with van der Waals surface area (Å²) < 4.78 is 0. The average Bonchev–Trinajstić information content (AvgIpc) is 2.76. The summed E-state index contributed by atoms with van der Waals surface area (Å²) in [6, 6.07) is 6.70. The van der Waals surface area contributed by atoms with E-state index in [-0.39, 0.29) is 11.7 Å². The van der Waals surface area contributed by atoms with Crippen LogP contribution in [0.1, 0.15) is 102 Å². The average molecular weight is 446 g/mol. The van der Waals surface area contributed by atoms with Gasteiger partial charge < -0.3 is 15.9 Å². The van der Waals surface area contributed by atoms with Crippen LogP contribution in [0.4, 0.5) is 0 Å². The van der Waals surface area contributed by atoms with Gasteiger partial charge in [-0.15, -0.1) is 0 Å².